The van der Waals surface area contributed by atoms with Gasteiger partial charge in [0, 0.05) is 43.6 Å². The fourth-order valence-electron chi connectivity index (χ4n) is 3.38. The molecule has 4 heterocycles. The number of thioether (sulfide) groups is 1. The summed E-state index contributed by atoms with van der Waals surface area (Å²) in [4.78, 5) is 25.5. The molecule has 2 aromatic heterocycles. The molecule has 0 radical (unpaired) electrons. The zero-order chi connectivity index (χ0) is 15.6. The predicted molar refractivity (Wildman–Crippen MR) is 90.5 cm³/mol. The topological polar surface area (TPSA) is 78.0 Å². The second kappa shape index (κ2) is 6.35. The summed E-state index contributed by atoms with van der Waals surface area (Å²) in [5, 5.41) is 7.87. The summed E-state index contributed by atoms with van der Waals surface area (Å²) in [7, 11) is 0. The molecule has 23 heavy (non-hydrogen) atoms. The van der Waals surface area contributed by atoms with Gasteiger partial charge in [0.2, 0.25) is 5.91 Å². The highest BCUT2D eigenvalue weighted by atomic mass is 32.2. The number of amides is 1. The first kappa shape index (κ1) is 14.7. The number of H-pyrrole nitrogens is 1. The van der Waals surface area contributed by atoms with Crippen LogP contribution in [-0.4, -0.2) is 68.7 Å². The smallest absolute Gasteiger partial charge is 0.225 e. The number of aromatic amines is 1. The van der Waals surface area contributed by atoms with Crippen molar-refractivity contribution in [1.29, 1.82) is 0 Å². The van der Waals surface area contributed by atoms with Crippen LogP contribution in [0.1, 0.15) is 12.8 Å². The first-order valence-electron chi connectivity index (χ1n) is 8.08. The minimum absolute atomic E-state index is 0.163. The minimum Gasteiger partial charge on any atom is -0.356 e. The number of carbonyl (C=O) groups is 1. The number of hydrogen-bond acceptors (Lipinski definition) is 6. The zero-order valence-corrected chi connectivity index (χ0v) is 13.8. The normalized spacial score (nSPS) is 20.2. The van der Waals surface area contributed by atoms with Crippen LogP contribution in [0.25, 0.3) is 11.0 Å². The van der Waals surface area contributed by atoms with Gasteiger partial charge in [0.05, 0.1) is 11.6 Å². The molecule has 1 amide bonds. The molecule has 0 aliphatic carbocycles. The molecule has 0 saturated carbocycles. The summed E-state index contributed by atoms with van der Waals surface area (Å²) in [6.45, 7) is 3.53. The summed E-state index contributed by atoms with van der Waals surface area (Å²) in [5.74, 6) is 3.58. The van der Waals surface area contributed by atoms with E-state index in [4.69, 9.17) is 0 Å². The lowest BCUT2D eigenvalue weighted by Crippen LogP contribution is -2.45. The van der Waals surface area contributed by atoms with Gasteiger partial charge < -0.3 is 9.80 Å². The molecule has 0 spiro atoms. The van der Waals surface area contributed by atoms with E-state index in [2.05, 4.69) is 30.0 Å². The van der Waals surface area contributed by atoms with Crippen molar-refractivity contribution < 1.29 is 4.79 Å². The van der Waals surface area contributed by atoms with Gasteiger partial charge in [-0.3, -0.25) is 9.89 Å². The number of piperidine rings is 1. The van der Waals surface area contributed by atoms with Gasteiger partial charge in [-0.1, -0.05) is 0 Å². The Morgan fingerprint density at radius 3 is 2.74 bits per heavy atom. The van der Waals surface area contributed by atoms with E-state index in [1.165, 1.54) is 0 Å². The number of carbonyl (C=O) groups excluding carboxylic acids is 1. The van der Waals surface area contributed by atoms with Crippen LogP contribution < -0.4 is 4.90 Å². The van der Waals surface area contributed by atoms with E-state index in [-0.39, 0.29) is 5.92 Å². The van der Waals surface area contributed by atoms with Crippen LogP contribution >= 0.6 is 11.8 Å². The Morgan fingerprint density at radius 1 is 1.17 bits per heavy atom. The van der Waals surface area contributed by atoms with E-state index in [9.17, 15) is 4.79 Å². The van der Waals surface area contributed by atoms with Gasteiger partial charge in [-0.15, -0.1) is 0 Å². The highest BCUT2D eigenvalue weighted by molar-refractivity contribution is 7.99. The number of fused-ring (bicyclic) bond motifs is 1. The molecule has 0 atom stereocenters. The van der Waals surface area contributed by atoms with Gasteiger partial charge in [0.1, 0.15) is 12.1 Å². The summed E-state index contributed by atoms with van der Waals surface area (Å²) >= 11 is 1.94. The highest BCUT2D eigenvalue weighted by Crippen LogP contribution is 2.27. The maximum absolute atomic E-state index is 12.6. The van der Waals surface area contributed by atoms with Crippen LogP contribution in [-0.2, 0) is 4.79 Å². The van der Waals surface area contributed by atoms with Crippen LogP contribution in [0.4, 0.5) is 5.82 Å². The highest BCUT2D eigenvalue weighted by Gasteiger charge is 2.30. The number of nitrogens with one attached hydrogen (secondary N) is 1. The van der Waals surface area contributed by atoms with Gasteiger partial charge in [-0.25, -0.2) is 9.97 Å². The molecule has 7 nitrogen and oxygen atoms in total. The molecule has 2 aliphatic heterocycles. The summed E-state index contributed by atoms with van der Waals surface area (Å²) in [5.41, 5.74) is 0.763. The molecule has 2 saturated heterocycles. The van der Waals surface area contributed by atoms with Gasteiger partial charge in [0.15, 0.2) is 5.65 Å². The van der Waals surface area contributed by atoms with Crippen molar-refractivity contribution in [2.75, 3.05) is 42.6 Å². The lowest BCUT2D eigenvalue weighted by atomic mass is 9.95. The van der Waals surface area contributed by atoms with Gasteiger partial charge >= 0.3 is 0 Å². The monoisotopic (exact) mass is 332 g/mol. The van der Waals surface area contributed by atoms with Crippen molar-refractivity contribution in [3.05, 3.63) is 12.5 Å². The fraction of sp³-hybridized carbons (Fsp3) is 0.600. The van der Waals surface area contributed by atoms with Crippen molar-refractivity contribution in [1.82, 2.24) is 25.1 Å². The van der Waals surface area contributed by atoms with Crippen LogP contribution in [0.5, 0.6) is 0 Å². The van der Waals surface area contributed by atoms with Crippen molar-refractivity contribution in [2.24, 2.45) is 5.92 Å². The molecule has 2 fully saturated rings. The Bertz CT molecular complexity index is 690. The first-order valence-corrected chi connectivity index (χ1v) is 9.24. The van der Waals surface area contributed by atoms with Crippen LogP contribution in [0.2, 0.25) is 0 Å². The number of rotatable bonds is 2. The summed E-state index contributed by atoms with van der Waals surface area (Å²) in [6.07, 6.45) is 5.13. The molecule has 0 bridgehead atoms. The second-order valence-electron chi connectivity index (χ2n) is 6.03. The van der Waals surface area contributed by atoms with E-state index in [1.54, 1.807) is 12.5 Å². The van der Waals surface area contributed by atoms with E-state index in [0.29, 0.717) is 5.91 Å². The van der Waals surface area contributed by atoms with Crippen LogP contribution in [0.15, 0.2) is 12.5 Å². The fourth-order valence-corrected chi connectivity index (χ4v) is 4.29. The molecule has 0 aromatic carbocycles. The summed E-state index contributed by atoms with van der Waals surface area (Å²) in [6, 6.07) is 0. The largest absolute Gasteiger partial charge is 0.356 e. The van der Waals surface area contributed by atoms with E-state index < -0.39 is 0 Å². The maximum Gasteiger partial charge on any atom is 0.225 e. The first-order chi connectivity index (χ1) is 11.3. The SMILES string of the molecule is O=C(C1CCN(c2ncnc3[nH]ncc23)CC1)N1CCSCC1. The molecule has 2 aromatic rings. The number of nitrogens with zero attached hydrogens (tertiary/aromatic N) is 5. The van der Waals surface area contributed by atoms with Crippen molar-refractivity contribution in [2.45, 2.75) is 12.8 Å². The standard InChI is InChI=1S/C15H20N6OS/c22-15(21-5-7-23-8-6-21)11-1-3-20(4-2-11)14-12-9-18-19-13(12)16-10-17-14/h9-11H,1-8H2,(H,16,17,18,19). The average molecular weight is 332 g/mol. The quantitative estimate of drug-likeness (QED) is 0.889. The van der Waals surface area contributed by atoms with Crippen LogP contribution in [0.3, 0.4) is 0 Å². The molecule has 4 rings (SSSR count). The van der Waals surface area contributed by atoms with Crippen molar-refractivity contribution >= 4 is 34.5 Å². The number of anilines is 1. The van der Waals surface area contributed by atoms with Gasteiger partial charge in [-0.2, -0.15) is 16.9 Å². The lowest BCUT2D eigenvalue weighted by Gasteiger charge is -2.36. The third kappa shape index (κ3) is 2.87. The zero-order valence-electron chi connectivity index (χ0n) is 12.9. The van der Waals surface area contributed by atoms with E-state index in [1.807, 2.05) is 11.8 Å². The molecule has 2 aliphatic rings. The second-order valence-corrected chi connectivity index (χ2v) is 7.25. The molecule has 122 valence electrons. The lowest BCUT2D eigenvalue weighted by molar-refractivity contribution is -0.135. The van der Waals surface area contributed by atoms with Crippen LogP contribution in [0, 0.1) is 5.92 Å². The van der Waals surface area contributed by atoms with Gasteiger partial charge in [-0.05, 0) is 12.8 Å². The van der Waals surface area contributed by atoms with E-state index in [0.717, 1.165) is 67.4 Å². The Kier molecular flexibility index (Phi) is 4.07. The Morgan fingerprint density at radius 2 is 1.96 bits per heavy atom. The molecular weight excluding hydrogens is 312 g/mol. The predicted octanol–water partition coefficient (Wildman–Crippen LogP) is 1.14. The minimum atomic E-state index is 0.163. The molecule has 0 unspecified atom stereocenters. The molecule has 8 heteroatoms. The van der Waals surface area contributed by atoms with Crippen molar-refractivity contribution in [3.8, 4) is 0 Å². The summed E-state index contributed by atoms with van der Waals surface area (Å²) < 4.78 is 0. The third-order valence-corrected chi connectivity index (χ3v) is 5.64. The van der Waals surface area contributed by atoms with E-state index >= 15 is 0 Å². The molecule has 1 N–H and O–H groups in total. The van der Waals surface area contributed by atoms with Gasteiger partial charge in [0.25, 0.3) is 0 Å². The number of hydrogen-bond donors (Lipinski definition) is 1. The van der Waals surface area contributed by atoms with Crippen molar-refractivity contribution in [3.63, 3.8) is 0 Å². The maximum atomic E-state index is 12.6. The number of aromatic nitrogens is 4. The third-order valence-electron chi connectivity index (χ3n) is 4.69. The Labute approximate surface area is 138 Å². The Balaban J connectivity index is 1.42. The average Bonchev–Trinajstić information content (AvgIpc) is 3.11. The Hall–Kier alpha value is -1.83. The molecular formula is C15H20N6OS.